The van der Waals surface area contributed by atoms with Gasteiger partial charge in [0, 0.05) is 24.8 Å². The highest BCUT2D eigenvalue weighted by Crippen LogP contribution is 2.32. The first-order chi connectivity index (χ1) is 10.7. The molecule has 22 heavy (non-hydrogen) atoms. The Morgan fingerprint density at radius 2 is 1.91 bits per heavy atom. The number of para-hydroxylation sites is 1. The highest BCUT2D eigenvalue weighted by molar-refractivity contribution is 5.87. The monoisotopic (exact) mass is 296 g/mol. The molecule has 0 radical (unpaired) electrons. The molecule has 4 nitrogen and oxygen atoms in total. The number of pyridine rings is 1. The zero-order valence-corrected chi connectivity index (χ0v) is 12.7. The van der Waals surface area contributed by atoms with Crippen LogP contribution in [-0.4, -0.2) is 29.0 Å². The Kier molecular flexibility index (Phi) is 4.09. The minimum atomic E-state index is -0.471. The van der Waals surface area contributed by atoms with E-state index in [4.69, 9.17) is 0 Å². The van der Waals surface area contributed by atoms with Gasteiger partial charge in [0.1, 0.15) is 17.4 Å². The summed E-state index contributed by atoms with van der Waals surface area (Å²) in [5.41, 5.74) is 1.45. The summed E-state index contributed by atoms with van der Waals surface area (Å²) in [7, 11) is 0. The second-order valence-electron chi connectivity index (χ2n) is 5.75. The Morgan fingerprint density at radius 3 is 2.50 bits per heavy atom. The molecule has 2 aromatic rings. The van der Waals surface area contributed by atoms with Crippen molar-refractivity contribution in [2.45, 2.75) is 25.7 Å². The topological polar surface area (TPSA) is 53.4 Å². The number of nitrogens with zero attached hydrogens (tertiary/aromatic N) is 2. The molecule has 1 fully saturated rings. The van der Waals surface area contributed by atoms with Gasteiger partial charge in [0.25, 0.3) is 0 Å². The van der Waals surface area contributed by atoms with Crippen LogP contribution in [0.15, 0.2) is 42.6 Å². The van der Waals surface area contributed by atoms with Crippen LogP contribution >= 0.6 is 0 Å². The van der Waals surface area contributed by atoms with E-state index in [9.17, 15) is 9.90 Å². The van der Waals surface area contributed by atoms with Crippen molar-refractivity contribution in [3.63, 3.8) is 0 Å². The van der Waals surface area contributed by atoms with Gasteiger partial charge in [-0.2, -0.15) is 0 Å². The van der Waals surface area contributed by atoms with E-state index < -0.39 is 5.92 Å². The molecule has 1 N–H and O–H groups in total. The average Bonchev–Trinajstić information content (AvgIpc) is 3.04. The van der Waals surface area contributed by atoms with E-state index >= 15 is 0 Å². The summed E-state index contributed by atoms with van der Waals surface area (Å²) in [4.78, 5) is 18.9. The minimum absolute atomic E-state index is 0.00257. The van der Waals surface area contributed by atoms with E-state index in [2.05, 4.69) is 9.88 Å². The highest BCUT2D eigenvalue weighted by atomic mass is 16.3. The molecule has 1 aromatic heterocycles. The predicted molar refractivity (Wildman–Crippen MR) is 86.3 cm³/mol. The van der Waals surface area contributed by atoms with Crippen molar-refractivity contribution in [2.24, 2.45) is 0 Å². The fraction of sp³-hybridized carbons (Fsp3) is 0.333. The number of benzene rings is 1. The maximum absolute atomic E-state index is 12.1. The van der Waals surface area contributed by atoms with Crippen LogP contribution in [0.5, 0.6) is 5.75 Å². The van der Waals surface area contributed by atoms with Gasteiger partial charge in [-0.3, -0.25) is 4.79 Å². The summed E-state index contributed by atoms with van der Waals surface area (Å²) in [5, 5.41) is 10.0. The van der Waals surface area contributed by atoms with Gasteiger partial charge in [-0.1, -0.05) is 24.3 Å². The average molecular weight is 296 g/mol. The van der Waals surface area contributed by atoms with Crippen molar-refractivity contribution in [3.05, 3.63) is 53.7 Å². The number of hydrogen-bond donors (Lipinski definition) is 1. The van der Waals surface area contributed by atoms with Gasteiger partial charge in [0.2, 0.25) is 0 Å². The summed E-state index contributed by atoms with van der Waals surface area (Å²) in [6.07, 6.45) is 4.17. The Morgan fingerprint density at radius 1 is 1.18 bits per heavy atom. The van der Waals surface area contributed by atoms with Crippen molar-refractivity contribution < 1.29 is 9.90 Å². The van der Waals surface area contributed by atoms with E-state index in [-0.39, 0.29) is 11.5 Å². The highest BCUT2D eigenvalue weighted by Gasteiger charge is 2.23. The normalized spacial score (nSPS) is 15.8. The van der Waals surface area contributed by atoms with Crippen molar-refractivity contribution in [3.8, 4) is 5.75 Å². The second kappa shape index (κ2) is 6.18. The molecule has 0 saturated carbocycles. The number of aromatic nitrogens is 1. The number of carbonyl (C=O) groups is 1. The Bertz CT molecular complexity index is 661. The van der Waals surface area contributed by atoms with Crippen LogP contribution < -0.4 is 4.90 Å². The standard InChI is InChI=1S/C18H20N2O2/c1-13(21)18(15-6-2-3-7-16(15)22)14-8-9-17(19-12-14)20-10-4-5-11-20/h2-3,6-9,12,18,22H,4-5,10-11H2,1H3. The van der Waals surface area contributed by atoms with Crippen LogP contribution in [0.2, 0.25) is 0 Å². The number of ketones is 1. The van der Waals surface area contributed by atoms with Gasteiger partial charge < -0.3 is 10.0 Å². The number of aromatic hydroxyl groups is 1. The largest absolute Gasteiger partial charge is 0.508 e. The Hall–Kier alpha value is -2.36. The predicted octanol–water partition coefficient (Wildman–Crippen LogP) is 3.11. The van der Waals surface area contributed by atoms with Gasteiger partial charge in [-0.05, 0) is 37.5 Å². The molecule has 1 atom stereocenters. The SMILES string of the molecule is CC(=O)C(c1ccc(N2CCCC2)nc1)c1ccccc1O. The number of Topliss-reactive ketones (excluding diaryl/α,β-unsaturated/α-hetero) is 1. The minimum Gasteiger partial charge on any atom is -0.508 e. The molecule has 1 unspecified atom stereocenters. The lowest BCUT2D eigenvalue weighted by Gasteiger charge is -2.19. The lowest BCUT2D eigenvalue weighted by Crippen LogP contribution is -2.19. The molecule has 1 aliphatic heterocycles. The van der Waals surface area contributed by atoms with Crippen LogP contribution in [0.1, 0.15) is 36.8 Å². The Balaban J connectivity index is 1.92. The molecule has 0 bridgehead atoms. The first-order valence-corrected chi connectivity index (χ1v) is 7.66. The summed E-state index contributed by atoms with van der Waals surface area (Å²) >= 11 is 0. The molecule has 0 aliphatic carbocycles. The zero-order chi connectivity index (χ0) is 15.5. The fourth-order valence-corrected chi connectivity index (χ4v) is 3.07. The molecule has 4 heteroatoms. The zero-order valence-electron chi connectivity index (χ0n) is 12.7. The molecule has 3 rings (SSSR count). The van der Waals surface area contributed by atoms with Crippen LogP contribution in [0.3, 0.4) is 0 Å². The van der Waals surface area contributed by atoms with Crippen molar-refractivity contribution >= 4 is 11.6 Å². The smallest absolute Gasteiger partial charge is 0.141 e. The quantitative estimate of drug-likeness (QED) is 0.942. The van der Waals surface area contributed by atoms with E-state index in [1.54, 1.807) is 31.3 Å². The number of anilines is 1. The molecular weight excluding hydrogens is 276 g/mol. The molecule has 2 heterocycles. The maximum Gasteiger partial charge on any atom is 0.141 e. The number of phenolic OH excluding ortho intramolecular Hbond substituents is 1. The van der Waals surface area contributed by atoms with Crippen molar-refractivity contribution in [2.75, 3.05) is 18.0 Å². The number of carbonyl (C=O) groups excluding carboxylic acids is 1. The molecule has 1 aromatic carbocycles. The lowest BCUT2D eigenvalue weighted by molar-refractivity contribution is -0.117. The van der Waals surface area contributed by atoms with Crippen LogP contribution in [0, 0.1) is 0 Å². The van der Waals surface area contributed by atoms with Gasteiger partial charge >= 0.3 is 0 Å². The van der Waals surface area contributed by atoms with E-state index in [1.165, 1.54) is 12.8 Å². The van der Waals surface area contributed by atoms with E-state index in [0.29, 0.717) is 5.56 Å². The summed E-state index contributed by atoms with van der Waals surface area (Å²) in [6.45, 7) is 3.63. The van der Waals surface area contributed by atoms with Gasteiger partial charge in [-0.25, -0.2) is 4.98 Å². The van der Waals surface area contributed by atoms with Crippen molar-refractivity contribution in [1.29, 1.82) is 0 Å². The van der Waals surface area contributed by atoms with Crippen LogP contribution in [0.4, 0.5) is 5.82 Å². The van der Waals surface area contributed by atoms with Gasteiger partial charge in [0.05, 0.1) is 5.92 Å². The molecule has 0 amide bonds. The van der Waals surface area contributed by atoms with Crippen LogP contribution in [0.25, 0.3) is 0 Å². The molecular formula is C18H20N2O2. The van der Waals surface area contributed by atoms with Crippen molar-refractivity contribution in [1.82, 2.24) is 4.98 Å². The third-order valence-corrected chi connectivity index (χ3v) is 4.19. The second-order valence-corrected chi connectivity index (χ2v) is 5.75. The number of phenols is 1. The van der Waals surface area contributed by atoms with Gasteiger partial charge in [-0.15, -0.1) is 0 Å². The third kappa shape index (κ3) is 2.82. The number of rotatable bonds is 4. The maximum atomic E-state index is 12.1. The van der Waals surface area contributed by atoms with Gasteiger partial charge in [0.15, 0.2) is 0 Å². The summed E-state index contributed by atoms with van der Waals surface area (Å²) in [6, 6.07) is 10.9. The lowest BCUT2D eigenvalue weighted by atomic mass is 9.88. The first-order valence-electron chi connectivity index (χ1n) is 7.66. The molecule has 114 valence electrons. The fourth-order valence-electron chi connectivity index (χ4n) is 3.07. The van der Waals surface area contributed by atoms with E-state index in [1.807, 2.05) is 18.2 Å². The first kappa shape index (κ1) is 14.6. The number of hydrogen-bond acceptors (Lipinski definition) is 4. The summed E-state index contributed by atoms with van der Waals surface area (Å²) < 4.78 is 0. The van der Waals surface area contributed by atoms with E-state index in [0.717, 1.165) is 24.5 Å². The molecule has 0 spiro atoms. The Labute approximate surface area is 130 Å². The molecule has 1 saturated heterocycles. The van der Waals surface area contributed by atoms with Crippen LogP contribution in [-0.2, 0) is 4.79 Å². The molecule has 1 aliphatic rings. The summed E-state index contributed by atoms with van der Waals surface area (Å²) in [5.74, 6) is 0.630. The third-order valence-electron chi connectivity index (χ3n) is 4.19.